The molecule has 0 spiro atoms. The van der Waals surface area contributed by atoms with Crippen LogP contribution in [0.25, 0.3) is 0 Å². The second-order valence-corrected chi connectivity index (χ2v) is 9.80. The van der Waals surface area contributed by atoms with E-state index in [1.54, 1.807) is 23.1 Å². The zero-order valence-corrected chi connectivity index (χ0v) is 21.2. The van der Waals surface area contributed by atoms with Crippen LogP contribution in [0.5, 0.6) is 0 Å². The minimum Gasteiger partial charge on any atom is -0.360 e. The van der Waals surface area contributed by atoms with Crippen molar-refractivity contribution in [2.24, 2.45) is 0 Å². The van der Waals surface area contributed by atoms with Crippen molar-refractivity contribution in [3.05, 3.63) is 96.9 Å². The fraction of sp³-hybridized carbons (Fsp3) is 0.208. The summed E-state index contributed by atoms with van der Waals surface area (Å²) in [7, 11) is 0. The van der Waals surface area contributed by atoms with E-state index in [1.807, 2.05) is 42.5 Å². The molecule has 2 amide bonds. The Morgan fingerprint density at radius 3 is 2.24 bits per heavy atom. The largest absolute Gasteiger partial charge is 0.360 e. The molecule has 1 unspecified atom stereocenters. The molecule has 0 aromatic heterocycles. The highest BCUT2D eigenvalue weighted by molar-refractivity contribution is 6.42. The number of amides is 2. The fourth-order valence-corrected chi connectivity index (χ4v) is 4.84. The number of nitrogens with zero attached hydrogens (tertiary/aromatic N) is 2. The van der Waals surface area contributed by atoms with Crippen LogP contribution in [0.2, 0.25) is 25.1 Å². The lowest BCUT2D eigenvalue weighted by Crippen LogP contribution is -2.53. The highest BCUT2D eigenvalue weighted by atomic mass is 35.5. The van der Waals surface area contributed by atoms with E-state index in [1.165, 1.54) is 0 Å². The molecule has 1 saturated heterocycles. The Morgan fingerprint density at radius 1 is 0.818 bits per heavy atom. The Kier molecular flexibility index (Phi) is 7.83. The normalized spacial score (nSPS) is 16.1. The van der Waals surface area contributed by atoms with E-state index >= 15 is 0 Å². The van der Waals surface area contributed by atoms with Crippen LogP contribution in [0.3, 0.4) is 0 Å². The van der Waals surface area contributed by atoms with E-state index in [9.17, 15) is 4.79 Å². The van der Waals surface area contributed by atoms with Crippen LogP contribution >= 0.6 is 58.0 Å². The minimum atomic E-state index is -0.151. The van der Waals surface area contributed by atoms with Crippen LogP contribution in [-0.2, 0) is 6.54 Å². The van der Waals surface area contributed by atoms with Crippen LogP contribution in [0, 0.1) is 0 Å². The number of anilines is 1. The highest BCUT2D eigenvalue weighted by Crippen LogP contribution is 2.36. The van der Waals surface area contributed by atoms with Gasteiger partial charge in [-0.25, -0.2) is 4.79 Å². The van der Waals surface area contributed by atoms with E-state index in [4.69, 9.17) is 58.0 Å². The van der Waals surface area contributed by atoms with Crippen molar-refractivity contribution in [1.82, 2.24) is 10.2 Å². The first-order valence-corrected chi connectivity index (χ1v) is 12.1. The number of piperazine rings is 1. The molecule has 1 heterocycles. The molecule has 3 aromatic rings. The lowest BCUT2D eigenvalue weighted by molar-refractivity contribution is 0.184. The maximum atomic E-state index is 13.0. The van der Waals surface area contributed by atoms with Gasteiger partial charge in [-0.3, -0.25) is 0 Å². The van der Waals surface area contributed by atoms with Gasteiger partial charge in [0.25, 0.3) is 0 Å². The smallest absolute Gasteiger partial charge is 0.317 e. The van der Waals surface area contributed by atoms with E-state index in [0.717, 1.165) is 16.8 Å². The molecule has 172 valence electrons. The second kappa shape index (κ2) is 10.6. The molecule has 4 rings (SSSR count). The van der Waals surface area contributed by atoms with Gasteiger partial charge < -0.3 is 15.1 Å². The summed E-state index contributed by atoms with van der Waals surface area (Å²) in [4.78, 5) is 17.0. The number of hydrogen-bond donors (Lipinski definition) is 1. The lowest BCUT2D eigenvalue weighted by Gasteiger charge is -2.43. The van der Waals surface area contributed by atoms with Gasteiger partial charge >= 0.3 is 6.03 Å². The number of carbonyl (C=O) groups is 1. The summed E-state index contributed by atoms with van der Waals surface area (Å²) in [6, 6.07) is 18.2. The Labute approximate surface area is 217 Å². The van der Waals surface area contributed by atoms with Gasteiger partial charge in [0.1, 0.15) is 0 Å². The van der Waals surface area contributed by atoms with E-state index in [-0.39, 0.29) is 12.1 Å². The van der Waals surface area contributed by atoms with Crippen LogP contribution in [0.15, 0.2) is 60.7 Å². The number of benzene rings is 3. The Hall–Kier alpha value is -1.82. The molecule has 0 bridgehead atoms. The van der Waals surface area contributed by atoms with Crippen molar-refractivity contribution in [2.75, 3.05) is 24.5 Å². The van der Waals surface area contributed by atoms with Gasteiger partial charge in [-0.1, -0.05) is 76.2 Å². The van der Waals surface area contributed by atoms with Gasteiger partial charge in [0.2, 0.25) is 0 Å². The highest BCUT2D eigenvalue weighted by Gasteiger charge is 2.32. The molecular weight excluding hydrogens is 524 g/mol. The quantitative estimate of drug-likeness (QED) is 0.366. The van der Waals surface area contributed by atoms with Crippen molar-refractivity contribution >= 4 is 69.7 Å². The third-order valence-corrected chi connectivity index (χ3v) is 7.10. The molecule has 3 aromatic carbocycles. The zero-order chi connectivity index (χ0) is 23.5. The number of carbonyl (C=O) groups excluding carboxylic acids is 1. The van der Waals surface area contributed by atoms with E-state index in [0.29, 0.717) is 51.3 Å². The molecule has 9 heteroatoms. The number of nitrogens with one attached hydrogen (secondary N) is 1. The summed E-state index contributed by atoms with van der Waals surface area (Å²) in [5.41, 5.74) is 2.78. The number of hydrogen-bond acceptors (Lipinski definition) is 2. The van der Waals surface area contributed by atoms with Gasteiger partial charge in [-0.15, -0.1) is 0 Å². The van der Waals surface area contributed by atoms with Gasteiger partial charge in [-0.2, -0.15) is 0 Å². The van der Waals surface area contributed by atoms with Crippen LogP contribution in [0.1, 0.15) is 17.2 Å². The SMILES string of the molecule is O=C(NCc1ccc(Cl)c(Cl)c1)N1CCN(c2ccc(Cl)cc2Cl)C(c2ccc(Cl)cc2)C1. The minimum absolute atomic E-state index is 0.106. The van der Waals surface area contributed by atoms with Crippen molar-refractivity contribution < 1.29 is 4.79 Å². The lowest BCUT2D eigenvalue weighted by atomic mass is 10.0. The number of urea groups is 1. The third kappa shape index (κ3) is 5.82. The van der Waals surface area contributed by atoms with Crippen LogP contribution in [-0.4, -0.2) is 30.6 Å². The summed E-state index contributed by atoms with van der Waals surface area (Å²) in [5.74, 6) is 0. The summed E-state index contributed by atoms with van der Waals surface area (Å²) in [6.07, 6.45) is 0. The predicted octanol–water partition coefficient (Wildman–Crippen LogP) is 7.73. The number of rotatable bonds is 4. The first-order valence-electron chi connectivity index (χ1n) is 10.3. The van der Waals surface area contributed by atoms with E-state index in [2.05, 4.69) is 10.2 Å². The molecule has 1 N–H and O–H groups in total. The maximum Gasteiger partial charge on any atom is 0.317 e. The average molecular weight is 544 g/mol. The Balaban J connectivity index is 1.53. The standard InChI is InChI=1S/C24H20Cl5N3O/c25-17-4-2-16(3-5-17)23-14-31(9-10-32(23)22-8-6-18(26)12-21(22)29)24(33)30-13-15-1-7-19(27)20(28)11-15/h1-8,11-12,23H,9-10,13-14H2,(H,30,33). The maximum absolute atomic E-state index is 13.0. The summed E-state index contributed by atoms with van der Waals surface area (Å²) in [5, 5.41) is 5.71. The Morgan fingerprint density at radius 2 is 1.55 bits per heavy atom. The summed E-state index contributed by atoms with van der Waals surface area (Å²) in [6.45, 7) is 1.98. The molecule has 0 saturated carbocycles. The Bertz CT molecular complexity index is 1160. The molecular formula is C24H20Cl5N3O. The topological polar surface area (TPSA) is 35.6 Å². The van der Waals surface area contributed by atoms with Crippen LogP contribution in [0.4, 0.5) is 10.5 Å². The van der Waals surface area contributed by atoms with Crippen molar-refractivity contribution in [2.45, 2.75) is 12.6 Å². The van der Waals surface area contributed by atoms with Crippen molar-refractivity contribution in [3.8, 4) is 0 Å². The summed E-state index contributed by atoms with van der Waals surface area (Å²) < 4.78 is 0. The monoisotopic (exact) mass is 541 g/mol. The zero-order valence-electron chi connectivity index (χ0n) is 17.4. The molecule has 4 nitrogen and oxygen atoms in total. The average Bonchev–Trinajstić information content (AvgIpc) is 2.80. The predicted molar refractivity (Wildman–Crippen MR) is 138 cm³/mol. The molecule has 1 aliphatic rings. The molecule has 1 atom stereocenters. The summed E-state index contributed by atoms with van der Waals surface area (Å²) >= 11 is 30.8. The van der Waals surface area contributed by atoms with E-state index < -0.39 is 0 Å². The van der Waals surface area contributed by atoms with Gasteiger partial charge in [0.05, 0.1) is 26.8 Å². The van der Waals surface area contributed by atoms with Gasteiger partial charge in [-0.05, 0) is 53.6 Å². The van der Waals surface area contributed by atoms with Crippen LogP contribution < -0.4 is 10.2 Å². The third-order valence-electron chi connectivity index (χ3n) is 5.57. The van der Waals surface area contributed by atoms with Crippen molar-refractivity contribution in [3.63, 3.8) is 0 Å². The number of halogens is 5. The molecule has 1 fully saturated rings. The van der Waals surface area contributed by atoms with Gasteiger partial charge in [0, 0.05) is 36.2 Å². The van der Waals surface area contributed by atoms with Gasteiger partial charge in [0.15, 0.2) is 0 Å². The van der Waals surface area contributed by atoms with Crippen molar-refractivity contribution in [1.29, 1.82) is 0 Å². The second-order valence-electron chi connectivity index (χ2n) is 7.71. The molecule has 0 aliphatic carbocycles. The molecule has 1 aliphatic heterocycles. The fourth-order valence-electron chi connectivity index (χ4n) is 3.88. The molecule has 0 radical (unpaired) electrons. The molecule has 33 heavy (non-hydrogen) atoms. The first kappa shape index (κ1) is 24.3. The first-order chi connectivity index (χ1) is 15.8.